The van der Waals surface area contributed by atoms with E-state index in [-0.39, 0.29) is 23.6 Å². The molecule has 0 saturated heterocycles. The van der Waals surface area contributed by atoms with Crippen LogP contribution in [0.5, 0.6) is 11.5 Å². The second kappa shape index (κ2) is 10.6. The van der Waals surface area contributed by atoms with E-state index < -0.39 is 0 Å². The maximum Gasteiger partial charge on any atom is 0.226 e. The van der Waals surface area contributed by atoms with Gasteiger partial charge in [-0.25, -0.2) is 4.98 Å². The third kappa shape index (κ3) is 6.32. The molecular weight excluding hydrogens is 416 g/mol. The van der Waals surface area contributed by atoms with E-state index in [1.165, 1.54) is 0 Å². The highest BCUT2D eigenvalue weighted by Gasteiger charge is 2.15. The number of nitrogens with two attached hydrogens (primary N) is 1. The average molecular weight is 447 g/mol. The number of anilines is 2. The van der Waals surface area contributed by atoms with Crippen LogP contribution in [0.1, 0.15) is 49.8 Å². The SMILES string of the molecule is COc1ccc(C(C)CC(=O)Nc2cc(C(=N)c3cc(OC(C)C)ccc3N)ccn2)cc1. The molecule has 3 aromatic rings. The first kappa shape index (κ1) is 23.8. The van der Waals surface area contributed by atoms with Crippen LogP contribution in [0.2, 0.25) is 0 Å². The molecule has 1 amide bonds. The Morgan fingerprint density at radius 3 is 2.42 bits per heavy atom. The lowest BCUT2D eigenvalue weighted by atomic mass is 9.97. The number of ether oxygens (including phenoxy) is 2. The number of amides is 1. The quantitative estimate of drug-likeness (QED) is 0.316. The molecule has 172 valence electrons. The second-order valence-corrected chi connectivity index (χ2v) is 8.15. The third-order valence-electron chi connectivity index (χ3n) is 5.16. The zero-order chi connectivity index (χ0) is 24.0. The number of pyridine rings is 1. The molecule has 4 N–H and O–H groups in total. The van der Waals surface area contributed by atoms with Crippen LogP contribution >= 0.6 is 0 Å². The number of nitrogens with zero attached hydrogens (tertiary/aromatic N) is 1. The first-order chi connectivity index (χ1) is 15.8. The van der Waals surface area contributed by atoms with Crippen molar-refractivity contribution >= 4 is 23.1 Å². The minimum Gasteiger partial charge on any atom is -0.497 e. The number of nitrogen functional groups attached to an aromatic ring is 1. The molecule has 3 rings (SSSR count). The molecule has 0 bridgehead atoms. The minimum atomic E-state index is -0.152. The van der Waals surface area contributed by atoms with Crippen LogP contribution in [0.25, 0.3) is 0 Å². The van der Waals surface area contributed by atoms with Crippen molar-refractivity contribution in [3.05, 3.63) is 77.5 Å². The van der Waals surface area contributed by atoms with E-state index in [4.69, 9.17) is 20.6 Å². The van der Waals surface area contributed by atoms with Crippen LogP contribution in [-0.4, -0.2) is 29.8 Å². The number of aromatic nitrogens is 1. The molecule has 2 aromatic carbocycles. The summed E-state index contributed by atoms with van der Waals surface area (Å²) < 4.78 is 10.9. The number of carbonyl (C=O) groups is 1. The maximum absolute atomic E-state index is 12.6. The van der Waals surface area contributed by atoms with E-state index >= 15 is 0 Å². The molecule has 7 nitrogen and oxygen atoms in total. The first-order valence-electron chi connectivity index (χ1n) is 10.8. The molecule has 0 radical (unpaired) electrons. The van der Waals surface area contributed by atoms with E-state index in [0.29, 0.717) is 34.8 Å². The van der Waals surface area contributed by atoms with Gasteiger partial charge in [-0.15, -0.1) is 0 Å². The van der Waals surface area contributed by atoms with Crippen LogP contribution in [-0.2, 0) is 4.79 Å². The normalized spacial score (nSPS) is 11.7. The fourth-order valence-electron chi connectivity index (χ4n) is 3.43. The smallest absolute Gasteiger partial charge is 0.226 e. The van der Waals surface area contributed by atoms with Crippen molar-refractivity contribution in [2.75, 3.05) is 18.2 Å². The lowest BCUT2D eigenvalue weighted by molar-refractivity contribution is -0.116. The van der Waals surface area contributed by atoms with Gasteiger partial charge >= 0.3 is 0 Å². The van der Waals surface area contributed by atoms with Gasteiger partial charge in [-0.2, -0.15) is 0 Å². The van der Waals surface area contributed by atoms with Crippen molar-refractivity contribution in [2.45, 2.75) is 39.2 Å². The first-order valence-corrected chi connectivity index (χ1v) is 10.8. The van der Waals surface area contributed by atoms with Crippen molar-refractivity contribution < 1.29 is 14.3 Å². The summed E-state index contributed by atoms with van der Waals surface area (Å²) in [4.78, 5) is 16.8. The van der Waals surface area contributed by atoms with Crippen molar-refractivity contribution in [1.29, 1.82) is 5.41 Å². The van der Waals surface area contributed by atoms with Gasteiger partial charge in [0.05, 0.1) is 18.9 Å². The second-order valence-electron chi connectivity index (χ2n) is 8.15. The van der Waals surface area contributed by atoms with E-state index in [1.807, 2.05) is 45.0 Å². The molecule has 7 heteroatoms. The molecule has 0 aliphatic heterocycles. The van der Waals surface area contributed by atoms with Crippen LogP contribution < -0.4 is 20.5 Å². The molecule has 0 aliphatic rings. The number of rotatable bonds is 9. The van der Waals surface area contributed by atoms with Crippen molar-refractivity contribution in [1.82, 2.24) is 4.98 Å². The standard InChI is InChI=1S/C26H30N4O3/c1-16(2)33-21-9-10-23(27)22(15-21)26(28)19-11-12-29-24(14-19)30-25(31)13-17(3)18-5-7-20(32-4)8-6-18/h5-12,14-17,28H,13,27H2,1-4H3,(H,29,30,31). The van der Waals surface area contributed by atoms with Crippen LogP contribution in [0, 0.1) is 5.41 Å². The monoisotopic (exact) mass is 446 g/mol. The average Bonchev–Trinajstić information content (AvgIpc) is 2.79. The highest BCUT2D eigenvalue weighted by molar-refractivity contribution is 6.14. The van der Waals surface area contributed by atoms with Gasteiger partial charge in [-0.05, 0) is 67.8 Å². The number of methoxy groups -OCH3 is 1. The van der Waals surface area contributed by atoms with E-state index in [2.05, 4.69) is 10.3 Å². The Hall–Kier alpha value is -3.87. The Labute approximate surface area is 194 Å². The zero-order valence-corrected chi connectivity index (χ0v) is 19.4. The van der Waals surface area contributed by atoms with Gasteiger partial charge < -0.3 is 20.5 Å². The summed E-state index contributed by atoms with van der Waals surface area (Å²) in [5.41, 5.74) is 9.03. The summed E-state index contributed by atoms with van der Waals surface area (Å²) in [5, 5.41) is 11.5. The van der Waals surface area contributed by atoms with Gasteiger partial charge in [0.25, 0.3) is 0 Å². The van der Waals surface area contributed by atoms with Gasteiger partial charge in [0, 0.05) is 29.4 Å². The van der Waals surface area contributed by atoms with Gasteiger partial charge in [-0.1, -0.05) is 19.1 Å². The van der Waals surface area contributed by atoms with Crippen LogP contribution in [0.3, 0.4) is 0 Å². The predicted octanol–water partition coefficient (Wildman–Crippen LogP) is 5.01. The summed E-state index contributed by atoms with van der Waals surface area (Å²) in [6.45, 7) is 5.87. The molecule has 1 atom stereocenters. The highest BCUT2D eigenvalue weighted by atomic mass is 16.5. The van der Waals surface area contributed by atoms with Crippen molar-refractivity contribution in [3.63, 3.8) is 0 Å². The molecule has 0 spiro atoms. The van der Waals surface area contributed by atoms with Crippen LogP contribution in [0.15, 0.2) is 60.8 Å². The largest absolute Gasteiger partial charge is 0.497 e. The Balaban J connectivity index is 1.70. The Kier molecular flexibility index (Phi) is 7.66. The highest BCUT2D eigenvalue weighted by Crippen LogP contribution is 2.25. The lowest BCUT2D eigenvalue weighted by Gasteiger charge is -2.14. The predicted molar refractivity (Wildman–Crippen MR) is 131 cm³/mol. The van der Waals surface area contributed by atoms with E-state index in [0.717, 1.165) is 11.3 Å². The molecule has 1 heterocycles. The zero-order valence-electron chi connectivity index (χ0n) is 19.4. The van der Waals surface area contributed by atoms with Gasteiger partial charge in [0.15, 0.2) is 0 Å². The number of benzene rings is 2. The topological polar surface area (TPSA) is 110 Å². The molecular formula is C26H30N4O3. The van der Waals surface area contributed by atoms with Gasteiger partial charge in [0.2, 0.25) is 5.91 Å². The minimum absolute atomic E-state index is 0.0127. The molecule has 0 saturated carbocycles. The fraction of sp³-hybridized carbons (Fsp3) is 0.269. The molecule has 33 heavy (non-hydrogen) atoms. The molecule has 1 unspecified atom stereocenters. The maximum atomic E-state index is 12.6. The lowest BCUT2D eigenvalue weighted by Crippen LogP contribution is -2.16. The van der Waals surface area contributed by atoms with Crippen LogP contribution in [0.4, 0.5) is 11.5 Å². The Morgan fingerprint density at radius 1 is 1.06 bits per heavy atom. The summed E-state index contributed by atoms with van der Waals surface area (Å²) in [5.74, 6) is 1.69. The molecule has 1 aromatic heterocycles. The number of hydrogen-bond donors (Lipinski definition) is 3. The number of carbonyl (C=O) groups excluding carboxylic acids is 1. The van der Waals surface area contributed by atoms with E-state index in [9.17, 15) is 4.79 Å². The number of hydrogen-bond acceptors (Lipinski definition) is 6. The molecule has 0 aliphatic carbocycles. The van der Waals surface area contributed by atoms with Gasteiger partial charge in [-0.3, -0.25) is 10.2 Å². The fourth-order valence-corrected chi connectivity index (χ4v) is 3.43. The van der Waals surface area contributed by atoms with E-state index in [1.54, 1.807) is 43.6 Å². The van der Waals surface area contributed by atoms with Crippen molar-refractivity contribution in [3.8, 4) is 11.5 Å². The summed E-state index contributed by atoms with van der Waals surface area (Å²) >= 11 is 0. The summed E-state index contributed by atoms with van der Waals surface area (Å²) in [6, 6.07) is 16.3. The summed E-state index contributed by atoms with van der Waals surface area (Å²) in [7, 11) is 1.62. The third-order valence-corrected chi connectivity index (χ3v) is 5.16. The van der Waals surface area contributed by atoms with Crippen molar-refractivity contribution in [2.24, 2.45) is 0 Å². The Morgan fingerprint density at radius 2 is 1.76 bits per heavy atom. The Bertz CT molecular complexity index is 1130. The molecule has 0 fully saturated rings. The summed E-state index contributed by atoms with van der Waals surface area (Å²) in [6.07, 6.45) is 1.88. The van der Waals surface area contributed by atoms with Gasteiger partial charge in [0.1, 0.15) is 17.3 Å². The number of nitrogens with one attached hydrogen (secondary N) is 2.